The molecule has 0 spiro atoms. The summed E-state index contributed by atoms with van der Waals surface area (Å²) in [4.78, 5) is 45.3. The molecule has 6 aromatic carbocycles. The standard InChI is InChI=1S/C42H30N8O6S4/c51-41(45-27-17-21-29(22-18-27)59(53,54)49-39-25-43-33-11-3-5-13-35(33)47-39)31-9-1-7-15-37(31)57-58-38-16-8-2-10-32(38)42(52)46-28-19-23-30(24-20-28)60(55,56)50-40-26-44-34-12-4-6-14-36(34)48-40/h1-26H,(H,45,51)(H,46,52)(H,47,49)(H,48,50). The van der Waals surface area contributed by atoms with E-state index < -0.39 is 31.9 Å². The molecule has 14 nitrogen and oxygen atoms in total. The van der Waals surface area contributed by atoms with Crippen molar-refractivity contribution in [3.05, 3.63) is 169 Å². The lowest BCUT2D eigenvalue weighted by Gasteiger charge is -2.13. The van der Waals surface area contributed by atoms with Gasteiger partial charge in [-0.1, -0.05) is 70.1 Å². The van der Waals surface area contributed by atoms with Gasteiger partial charge in [-0.2, -0.15) is 0 Å². The zero-order valence-corrected chi connectivity index (χ0v) is 34.1. The van der Waals surface area contributed by atoms with Crippen molar-refractivity contribution < 1.29 is 26.4 Å². The maximum atomic E-state index is 13.5. The first kappa shape index (κ1) is 39.9. The molecule has 18 heteroatoms. The first-order valence-corrected chi connectivity index (χ1v) is 23.0. The largest absolute Gasteiger partial charge is 0.322 e. The van der Waals surface area contributed by atoms with E-state index in [1.165, 1.54) is 82.5 Å². The Kier molecular flexibility index (Phi) is 11.4. The number of fused-ring (bicyclic) bond motifs is 2. The maximum Gasteiger partial charge on any atom is 0.263 e. The van der Waals surface area contributed by atoms with Gasteiger partial charge in [0, 0.05) is 21.2 Å². The van der Waals surface area contributed by atoms with E-state index in [2.05, 4.69) is 40.0 Å². The summed E-state index contributed by atoms with van der Waals surface area (Å²) in [6.07, 6.45) is 2.69. The van der Waals surface area contributed by atoms with Gasteiger partial charge in [0.05, 0.1) is 55.4 Å². The van der Waals surface area contributed by atoms with E-state index >= 15 is 0 Å². The summed E-state index contributed by atoms with van der Waals surface area (Å²) in [7, 11) is -5.43. The van der Waals surface area contributed by atoms with Crippen molar-refractivity contribution in [2.24, 2.45) is 0 Å². The van der Waals surface area contributed by atoms with Crippen LogP contribution in [0.5, 0.6) is 0 Å². The van der Waals surface area contributed by atoms with Crippen molar-refractivity contribution in [1.82, 2.24) is 19.9 Å². The van der Waals surface area contributed by atoms with Crippen molar-refractivity contribution >= 4 is 98.5 Å². The van der Waals surface area contributed by atoms with Crippen LogP contribution >= 0.6 is 21.6 Å². The molecule has 4 N–H and O–H groups in total. The van der Waals surface area contributed by atoms with Crippen LogP contribution in [0.2, 0.25) is 0 Å². The smallest absolute Gasteiger partial charge is 0.263 e. The van der Waals surface area contributed by atoms with Crippen LogP contribution < -0.4 is 20.1 Å². The van der Waals surface area contributed by atoms with Crippen LogP contribution in [-0.4, -0.2) is 48.6 Å². The van der Waals surface area contributed by atoms with E-state index in [9.17, 15) is 26.4 Å². The molecule has 0 atom stereocenters. The second kappa shape index (κ2) is 17.2. The van der Waals surface area contributed by atoms with Crippen molar-refractivity contribution in [1.29, 1.82) is 0 Å². The lowest BCUT2D eigenvalue weighted by Crippen LogP contribution is -2.15. The predicted molar refractivity (Wildman–Crippen MR) is 234 cm³/mol. The zero-order valence-electron chi connectivity index (χ0n) is 30.9. The Bertz CT molecular complexity index is 2920. The van der Waals surface area contributed by atoms with E-state index in [-0.39, 0.29) is 21.4 Å². The lowest BCUT2D eigenvalue weighted by atomic mass is 10.2. The molecule has 0 unspecified atom stereocenters. The highest BCUT2D eigenvalue weighted by Gasteiger charge is 2.20. The highest BCUT2D eigenvalue weighted by atomic mass is 33.1. The van der Waals surface area contributed by atoms with E-state index in [0.29, 0.717) is 54.4 Å². The predicted octanol–water partition coefficient (Wildman–Crippen LogP) is 8.48. The quantitative estimate of drug-likeness (QED) is 0.0807. The normalized spacial score (nSPS) is 11.5. The minimum absolute atomic E-state index is 0.0312. The first-order chi connectivity index (χ1) is 29.0. The zero-order chi connectivity index (χ0) is 41.7. The molecule has 0 saturated heterocycles. The molecule has 0 saturated carbocycles. The van der Waals surface area contributed by atoms with Crippen LogP contribution in [-0.2, 0) is 20.0 Å². The fourth-order valence-electron chi connectivity index (χ4n) is 5.78. The molecule has 2 amide bonds. The molecule has 0 radical (unpaired) electrons. The van der Waals surface area contributed by atoms with Gasteiger partial charge in [-0.3, -0.25) is 29.0 Å². The van der Waals surface area contributed by atoms with Gasteiger partial charge < -0.3 is 10.6 Å². The fourth-order valence-corrected chi connectivity index (χ4v) is 10.1. The van der Waals surface area contributed by atoms with Gasteiger partial charge in [0.1, 0.15) is 0 Å². The average molecular weight is 871 g/mol. The number of para-hydroxylation sites is 4. The Labute approximate surface area is 351 Å². The minimum atomic E-state index is -4.00. The van der Waals surface area contributed by atoms with Gasteiger partial charge in [-0.15, -0.1) is 0 Å². The third kappa shape index (κ3) is 9.21. The van der Waals surface area contributed by atoms with Crippen LogP contribution in [0, 0.1) is 0 Å². The number of hydrogen-bond donors (Lipinski definition) is 4. The summed E-state index contributed by atoms with van der Waals surface area (Å²) in [6, 6.07) is 39.6. The average Bonchev–Trinajstić information content (AvgIpc) is 3.26. The molecule has 60 heavy (non-hydrogen) atoms. The van der Waals surface area contributed by atoms with E-state index in [1.807, 2.05) is 12.1 Å². The molecule has 0 aliphatic rings. The number of hydrogen-bond acceptors (Lipinski definition) is 12. The Morgan fingerprint density at radius 2 is 0.783 bits per heavy atom. The molecule has 8 rings (SSSR count). The van der Waals surface area contributed by atoms with E-state index in [0.717, 1.165) is 0 Å². The highest BCUT2D eigenvalue weighted by molar-refractivity contribution is 8.76. The Balaban J connectivity index is 0.890. The van der Waals surface area contributed by atoms with Crippen LogP contribution in [0.4, 0.5) is 23.0 Å². The molecule has 0 bridgehead atoms. The summed E-state index contributed by atoms with van der Waals surface area (Å²) in [5.41, 5.74) is 3.83. The number of aromatic nitrogens is 4. The summed E-state index contributed by atoms with van der Waals surface area (Å²) >= 11 is 0. The third-order valence-electron chi connectivity index (χ3n) is 8.70. The second-order valence-corrected chi connectivity index (χ2v) is 18.4. The van der Waals surface area contributed by atoms with Crippen molar-refractivity contribution in [3.8, 4) is 0 Å². The minimum Gasteiger partial charge on any atom is -0.322 e. The number of benzene rings is 6. The summed E-state index contributed by atoms with van der Waals surface area (Å²) < 4.78 is 57.2. The van der Waals surface area contributed by atoms with Crippen molar-refractivity contribution in [2.75, 3.05) is 20.1 Å². The molecular weight excluding hydrogens is 841 g/mol. The first-order valence-electron chi connectivity index (χ1n) is 17.9. The monoisotopic (exact) mass is 870 g/mol. The molecule has 0 fully saturated rings. The molecule has 2 aromatic heterocycles. The molecule has 8 aromatic rings. The number of nitrogens with zero attached hydrogens (tertiary/aromatic N) is 4. The number of rotatable bonds is 13. The Morgan fingerprint density at radius 3 is 1.18 bits per heavy atom. The Morgan fingerprint density at radius 1 is 0.433 bits per heavy atom. The molecular formula is C42H30N8O6S4. The topological polar surface area (TPSA) is 202 Å². The number of carbonyl (C=O) groups excluding carboxylic acids is 2. The lowest BCUT2D eigenvalue weighted by molar-refractivity contribution is 0.101. The van der Waals surface area contributed by atoms with Crippen LogP contribution in [0.3, 0.4) is 0 Å². The fraction of sp³-hybridized carbons (Fsp3) is 0. The molecule has 0 aliphatic carbocycles. The number of sulfonamides is 2. The van der Waals surface area contributed by atoms with Crippen molar-refractivity contribution in [3.63, 3.8) is 0 Å². The summed E-state index contributed by atoms with van der Waals surface area (Å²) in [5, 5.41) is 5.65. The van der Waals surface area contributed by atoms with E-state index in [1.54, 1.807) is 84.9 Å². The third-order valence-corrected chi connectivity index (χ3v) is 13.9. The second-order valence-electron chi connectivity index (χ2n) is 12.8. The van der Waals surface area contributed by atoms with Crippen LogP contribution in [0.1, 0.15) is 20.7 Å². The summed E-state index contributed by atoms with van der Waals surface area (Å²) in [5.74, 6) is -0.694. The number of carbonyl (C=O) groups is 2. The van der Waals surface area contributed by atoms with Crippen molar-refractivity contribution in [2.45, 2.75) is 19.6 Å². The number of amides is 2. The van der Waals surface area contributed by atoms with Gasteiger partial charge in [-0.25, -0.2) is 26.8 Å². The van der Waals surface area contributed by atoms with Gasteiger partial charge >= 0.3 is 0 Å². The Hall–Kier alpha value is -6.86. The number of nitrogens with one attached hydrogen (secondary N) is 4. The van der Waals surface area contributed by atoms with Gasteiger partial charge in [0.15, 0.2) is 11.6 Å². The van der Waals surface area contributed by atoms with Crippen LogP contribution in [0.25, 0.3) is 22.1 Å². The van der Waals surface area contributed by atoms with E-state index in [4.69, 9.17) is 0 Å². The molecule has 298 valence electrons. The highest BCUT2D eigenvalue weighted by Crippen LogP contribution is 2.41. The molecule has 2 heterocycles. The number of anilines is 4. The summed E-state index contributed by atoms with van der Waals surface area (Å²) in [6.45, 7) is 0. The van der Waals surface area contributed by atoms with Crippen LogP contribution in [0.15, 0.2) is 178 Å². The maximum absolute atomic E-state index is 13.5. The van der Waals surface area contributed by atoms with Gasteiger partial charge in [0.25, 0.3) is 31.9 Å². The SMILES string of the molecule is O=C(Nc1ccc(S(=O)(=O)Nc2cnc3ccccc3n2)cc1)c1ccccc1SSc1ccccc1C(=O)Nc1ccc(S(=O)(=O)Nc2cnc3ccccc3n2)cc1. The van der Waals surface area contributed by atoms with Gasteiger partial charge in [-0.05, 0) is 97.1 Å². The molecule has 0 aliphatic heterocycles. The van der Waals surface area contributed by atoms with Gasteiger partial charge in [0.2, 0.25) is 0 Å².